The molecule has 0 bridgehead atoms. The lowest BCUT2D eigenvalue weighted by atomic mass is 10.0. The molecule has 0 saturated carbocycles. The Morgan fingerprint density at radius 2 is 1.83 bits per heavy atom. The van der Waals surface area contributed by atoms with Gasteiger partial charge in [0.05, 0.1) is 16.4 Å². The number of hydrogen-bond donors (Lipinski definition) is 0. The lowest BCUT2D eigenvalue weighted by Crippen LogP contribution is -2.40. The predicted molar refractivity (Wildman–Crippen MR) is 111 cm³/mol. The van der Waals surface area contributed by atoms with Crippen molar-refractivity contribution in [2.24, 2.45) is 0 Å². The average Bonchev–Trinajstić information content (AvgIpc) is 3.05. The quantitative estimate of drug-likeness (QED) is 0.530. The third kappa shape index (κ3) is 4.82. The molecule has 8 heteroatoms. The molecule has 0 aliphatic carbocycles. The van der Waals surface area contributed by atoms with E-state index in [2.05, 4.69) is 13.8 Å². The molecule has 0 spiro atoms. The number of nitrogens with zero attached hydrogens (tertiary/aromatic N) is 2. The summed E-state index contributed by atoms with van der Waals surface area (Å²) in [5.41, 5.74) is 1.71. The number of benzene rings is 2. The van der Waals surface area contributed by atoms with E-state index in [1.54, 1.807) is 6.07 Å². The number of carbonyl (C=O) groups is 1. The second kappa shape index (κ2) is 8.32. The zero-order valence-electron chi connectivity index (χ0n) is 16.4. The molecule has 2 aromatic carbocycles. The Balaban J connectivity index is 1.95. The van der Waals surface area contributed by atoms with Crippen LogP contribution in [0, 0.1) is 10.1 Å². The number of rotatable bonds is 6. The average molecular weight is 416 g/mol. The molecule has 1 fully saturated rings. The minimum atomic E-state index is -3.22. The summed E-state index contributed by atoms with van der Waals surface area (Å²) >= 11 is 0. The Labute approximate surface area is 170 Å². The fourth-order valence-corrected chi connectivity index (χ4v) is 5.29. The first-order valence-corrected chi connectivity index (χ1v) is 11.3. The molecule has 0 radical (unpaired) electrons. The normalized spacial score (nSPS) is 18.0. The zero-order chi connectivity index (χ0) is 21.2. The van der Waals surface area contributed by atoms with Crippen LogP contribution >= 0.6 is 0 Å². The van der Waals surface area contributed by atoms with Gasteiger partial charge in [-0.1, -0.05) is 50.2 Å². The van der Waals surface area contributed by atoms with Crippen LogP contribution in [-0.4, -0.2) is 41.7 Å². The Bertz CT molecular complexity index is 1020. The number of sulfone groups is 1. The van der Waals surface area contributed by atoms with E-state index >= 15 is 0 Å². The highest BCUT2D eigenvalue weighted by molar-refractivity contribution is 7.91. The molecular weight excluding hydrogens is 392 g/mol. The van der Waals surface area contributed by atoms with Gasteiger partial charge >= 0.3 is 0 Å². The summed E-state index contributed by atoms with van der Waals surface area (Å²) in [4.78, 5) is 25.5. The predicted octanol–water partition coefficient (Wildman–Crippen LogP) is 3.55. The molecule has 29 heavy (non-hydrogen) atoms. The molecule has 2 aromatic rings. The largest absolute Gasteiger partial charge is 0.330 e. The highest BCUT2D eigenvalue weighted by atomic mass is 32.2. The maximum Gasteiger partial charge on any atom is 0.282 e. The summed E-state index contributed by atoms with van der Waals surface area (Å²) < 4.78 is 24.0. The molecule has 0 unspecified atom stereocenters. The minimum absolute atomic E-state index is 0.0185. The third-order valence-corrected chi connectivity index (χ3v) is 6.99. The van der Waals surface area contributed by atoms with Gasteiger partial charge < -0.3 is 4.90 Å². The van der Waals surface area contributed by atoms with Crippen LogP contribution in [0.4, 0.5) is 5.69 Å². The molecular formula is C21H24N2O5S. The van der Waals surface area contributed by atoms with E-state index in [-0.39, 0.29) is 29.3 Å². The summed E-state index contributed by atoms with van der Waals surface area (Å²) in [6, 6.07) is 13.1. The standard InChI is InChI=1S/C21H24N2O5S/c1-15(2)17-9-7-16(8-10-17)13-22(18-11-12-29(27,28)14-18)21(24)19-5-3-4-6-20(19)23(25)26/h3-10,15,18H,11-14H2,1-2H3/t18-/m1/s1. The van der Waals surface area contributed by atoms with Crippen LogP contribution in [0.3, 0.4) is 0 Å². The number of hydrogen-bond acceptors (Lipinski definition) is 5. The van der Waals surface area contributed by atoms with Gasteiger partial charge in [0.15, 0.2) is 9.84 Å². The van der Waals surface area contributed by atoms with Crippen molar-refractivity contribution in [3.05, 3.63) is 75.3 Å². The van der Waals surface area contributed by atoms with Crippen LogP contribution in [-0.2, 0) is 16.4 Å². The molecule has 0 N–H and O–H groups in total. The fourth-order valence-electron chi connectivity index (χ4n) is 3.56. The van der Waals surface area contributed by atoms with E-state index in [1.807, 2.05) is 24.3 Å². The molecule has 154 valence electrons. The first-order chi connectivity index (χ1) is 13.7. The number of carbonyl (C=O) groups excluding carboxylic acids is 1. The van der Waals surface area contributed by atoms with Gasteiger partial charge in [0.25, 0.3) is 11.6 Å². The van der Waals surface area contributed by atoms with Crippen molar-refractivity contribution in [3.63, 3.8) is 0 Å². The van der Waals surface area contributed by atoms with Crippen molar-refractivity contribution in [2.45, 2.75) is 38.8 Å². The van der Waals surface area contributed by atoms with Crippen molar-refractivity contribution in [1.29, 1.82) is 0 Å². The van der Waals surface area contributed by atoms with E-state index in [4.69, 9.17) is 0 Å². The maximum absolute atomic E-state index is 13.3. The lowest BCUT2D eigenvalue weighted by Gasteiger charge is -2.28. The van der Waals surface area contributed by atoms with E-state index in [1.165, 1.54) is 23.1 Å². The fraction of sp³-hybridized carbons (Fsp3) is 0.381. The maximum atomic E-state index is 13.3. The third-order valence-electron chi connectivity index (χ3n) is 5.24. The molecule has 7 nitrogen and oxygen atoms in total. The monoisotopic (exact) mass is 416 g/mol. The van der Waals surface area contributed by atoms with E-state index in [0.717, 1.165) is 11.1 Å². The Hall–Kier alpha value is -2.74. The molecule has 0 aromatic heterocycles. The summed E-state index contributed by atoms with van der Waals surface area (Å²) in [5.74, 6) is -0.255. The second-order valence-electron chi connectivity index (χ2n) is 7.66. The molecule has 1 aliphatic rings. The SMILES string of the molecule is CC(C)c1ccc(CN(C(=O)c2ccccc2[N+](=O)[O-])[C@@H]2CCS(=O)(=O)C2)cc1. The Morgan fingerprint density at radius 3 is 2.38 bits per heavy atom. The smallest absolute Gasteiger partial charge is 0.282 e. The lowest BCUT2D eigenvalue weighted by molar-refractivity contribution is -0.385. The molecule has 1 amide bonds. The van der Waals surface area contributed by atoms with Crippen molar-refractivity contribution < 1.29 is 18.1 Å². The van der Waals surface area contributed by atoms with Crippen LogP contribution in [0.5, 0.6) is 0 Å². The van der Waals surface area contributed by atoms with Crippen LogP contribution in [0.25, 0.3) is 0 Å². The first kappa shape index (κ1) is 21.0. The van der Waals surface area contributed by atoms with E-state index in [0.29, 0.717) is 12.3 Å². The minimum Gasteiger partial charge on any atom is -0.330 e. The van der Waals surface area contributed by atoms with Crippen molar-refractivity contribution in [3.8, 4) is 0 Å². The van der Waals surface area contributed by atoms with Gasteiger partial charge in [-0.2, -0.15) is 0 Å². The van der Waals surface area contributed by atoms with E-state index in [9.17, 15) is 23.3 Å². The van der Waals surface area contributed by atoms with Crippen LogP contribution in [0.2, 0.25) is 0 Å². The number of para-hydroxylation sites is 1. The highest BCUT2D eigenvalue weighted by Crippen LogP contribution is 2.26. The van der Waals surface area contributed by atoms with Gasteiger partial charge in [0, 0.05) is 18.7 Å². The van der Waals surface area contributed by atoms with Crippen molar-refractivity contribution in [1.82, 2.24) is 4.90 Å². The highest BCUT2D eigenvalue weighted by Gasteiger charge is 2.36. The summed E-state index contributed by atoms with van der Waals surface area (Å²) in [6.07, 6.45) is 0.332. The molecule has 1 saturated heterocycles. The molecule has 1 aliphatic heterocycles. The van der Waals surface area contributed by atoms with Gasteiger partial charge in [-0.05, 0) is 29.5 Å². The first-order valence-electron chi connectivity index (χ1n) is 9.51. The van der Waals surface area contributed by atoms with Crippen LogP contribution < -0.4 is 0 Å². The van der Waals surface area contributed by atoms with Gasteiger partial charge in [-0.25, -0.2) is 8.42 Å². The second-order valence-corrected chi connectivity index (χ2v) is 9.89. The number of nitro benzene ring substituents is 1. The summed E-state index contributed by atoms with van der Waals surface area (Å²) in [6.45, 7) is 4.37. The number of nitro groups is 1. The van der Waals surface area contributed by atoms with Gasteiger partial charge in [0.1, 0.15) is 5.56 Å². The molecule has 1 atom stereocenters. The van der Waals surface area contributed by atoms with Gasteiger partial charge in [0.2, 0.25) is 0 Å². The van der Waals surface area contributed by atoms with Crippen molar-refractivity contribution in [2.75, 3.05) is 11.5 Å². The summed E-state index contributed by atoms with van der Waals surface area (Å²) in [5, 5.41) is 11.4. The zero-order valence-corrected chi connectivity index (χ0v) is 17.3. The van der Waals surface area contributed by atoms with E-state index < -0.39 is 26.7 Å². The van der Waals surface area contributed by atoms with Gasteiger partial charge in [-0.3, -0.25) is 14.9 Å². The topological polar surface area (TPSA) is 97.6 Å². The Kier molecular flexibility index (Phi) is 6.02. The van der Waals surface area contributed by atoms with Crippen LogP contribution in [0.15, 0.2) is 48.5 Å². The van der Waals surface area contributed by atoms with Crippen molar-refractivity contribution >= 4 is 21.4 Å². The molecule has 1 heterocycles. The van der Waals surface area contributed by atoms with Crippen LogP contribution in [0.1, 0.15) is 47.7 Å². The van der Waals surface area contributed by atoms with Gasteiger partial charge in [-0.15, -0.1) is 0 Å². The molecule has 3 rings (SSSR count). The number of amides is 1. The summed E-state index contributed by atoms with van der Waals surface area (Å²) in [7, 11) is -3.22. The Morgan fingerprint density at radius 1 is 1.17 bits per heavy atom.